The molecular weight excluding hydrogens is 909 g/mol. The van der Waals surface area contributed by atoms with Gasteiger partial charge in [-0.1, -0.05) is 282 Å². The number of rotatable bonds is 55. The highest BCUT2D eigenvalue weighted by Gasteiger charge is 2.16. The quantitative estimate of drug-likeness (QED) is 0.0373. The van der Waals surface area contributed by atoms with Gasteiger partial charge in [-0.15, -0.1) is 0 Å². The summed E-state index contributed by atoms with van der Waals surface area (Å²) in [6.07, 6.45) is 94.3. The summed E-state index contributed by atoms with van der Waals surface area (Å²) in [5.41, 5.74) is 0. The Morgan fingerprint density at radius 2 is 0.541 bits per heavy atom. The molecular formula is C69H114O5. The van der Waals surface area contributed by atoms with Gasteiger partial charge in [-0.05, 0) is 109 Å². The van der Waals surface area contributed by atoms with Crippen LogP contribution in [-0.2, 0) is 19.1 Å². The van der Waals surface area contributed by atoms with Crippen LogP contribution in [0.5, 0.6) is 0 Å². The summed E-state index contributed by atoms with van der Waals surface area (Å²) in [5, 5.41) is 9.68. The Morgan fingerprint density at radius 1 is 0.311 bits per heavy atom. The molecule has 0 fully saturated rings. The minimum Gasteiger partial charge on any atom is -0.462 e. The van der Waals surface area contributed by atoms with Gasteiger partial charge in [0.25, 0.3) is 0 Å². The van der Waals surface area contributed by atoms with Crippen LogP contribution in [0.4, 0.5) is 0 Å². The molecule has 5 nitrogen and oxygen atoms in total. The SMILES string of the molecule is CC/C=C\C/C=C\C/C=C\C/C=C\C/C=C\C/C=C\C/C=C\CCCCCCCCCCCCCC(=O)OC(CO)COC(=O)CCCCCCCCCCCCCCCC/C=C\C/C=C\C/C=C\C/C=C\CC. The normalized spacial score (nSPS) is 13.2. The summed E-state index contributed by atoms with van der Waals surface area (Å²) in [6.45, 7) is 3.92. The highest BCUT2D eigenvalue weighted by atomic mass is 16.6. The lowest BCUT2D eigenvalue weighted by Crippen LogP contribution is -2.28. The van der Waals surface area contributed by atoms with Crippen LogP contribution >= 0.6 is 0 Å². The van der Waals surface area contributed by atoms with Gasteiger partial charge in [0.05, 0.1) is 6.61 Å². The zero-order valence-corrected chi connectivity index (χ0v) is 48.1. The lowest BCUT2D eigenvalue weighted by Gasteiger charge is -2.15. The van der Waals surface area contributed by atoms with E-state index in [2.05, 4.69) is 148 Å². The van der Waals surface area contributed by atoms with Crippen molar-refractivity contribution in [1.82, 2.24) is 0 Å². The van der Waals surface area contributed by atoms with Crippen LogP contribution < -0.4 is 0 Å². The summed E-state index contributed by atoms with van der Waals surface area (Å²) >= 11 is 0. The number of carbonyl (C=O) groups excluding carboxylic acids is 2. The second kappa shape index (κ2) is 63.3. The maximum atomic E-state index is 12.3. The Labute approximate surface area is 457 Å². The molecule has 420 valence electrons. The molecule has 0 spiro atoms. The predicted octanol–water partition coefficient (Wildman–Crippen LogP) is 21.2. The molecule has 0 radical (unpaired) electrons. The fraction of sp³-hybridized carbons (Fsp3) is 0.652. The lowest BCUT2D eigenvalue weighted by atomic mass is 10.0. The van der Waals surface area contributed by atoms with Gasteiger partial charge in [0, 0.05) is 12.8 Å². The lowest BCUT2D eigenvalue weighted by molar-refractivity contribution is -0.161. The molecule has 5 heteroatoms. The number of ether oxygens (including phenoxy) is 2. The third-order valence-corrected chi connectivity index (χ3v) is 12.9. The summed E-state index contributed by atoms with van der Waals surface area (Å²) in [7, 11) is 0. The molecule has 0 aromatic heterocycles. The van der Waals surface area contributed by atoms with Crippen molar-refractivity contribution in [3.05, 3.63) is 134 Å². The van der Waals surface area contributed by atoms with Crippen LogP contribution in [0.15, 0.2) is 134 Å². The Bertz CT molecular complexity index is 1530. The van der Waals surface area contributed by atoms with E-state index in [9.17, 15) is 14.7 Å². The number of unbranched alkanes of at least 4 members (excludes halogenated alkanes) is 25. The van der Waals surface area contributed by atoms with Crippen molar-refractivity contribution < 1.29 is 24.2 Å². The molecule has 0 aromatic rings. The van der Waals surface area contributed by atoms with Gasteiger partial charge in [-0.3, -0.25) is 9.59 Å². The van der Waals surface area contributed by atoms with Crippen LogP contribution in [0, 0.1) is 0 Å². The number of hydrogen-bond acceptors (Lipinski definition) is 5. The standard InChI is InChI=1S/C69H114O5/c1-3-5-7-9-11-13-15-17-19-21-23-25-27-29-31-32-33-34-35-36-38-40-42-44-46-48-50-52-54-56-58-60-62-64-69(72)74-67(65-70)66-73-68(71)63-61-59-57-55-53-51-49-47-45-43-41-39-37-30-28-26-24-22-20-18-16-14-12-10-8-6-4-2/h5-8,11-14,17-20,23-26,29,31,33-34,36,38,67,70H,3-4,9-10,15-16,21-22,27-28,30,32,35,37,39-66H2,1-2H3/b7-5-,8-6-,13-11-,14-12-,19-17-,20-18-,25-23-,26-24-,31-29-,34-33-,38-36-. The maximum absolute atomic E-state index is 12.3. The van der Waals surface area contributed by atoms with Crippen LogP contribution in [0.25, 0.3) is 0 Å². The molecule has 0 aliphatic heterocycles. The van der Waals surface area contributed by atoms with Crippen molar-refractivity contribution in [3.63, 3.8) is 0 Å². The highest BCUT2D eigenvalue weighted by molar-refractivity contribution is 5.70. The summed E-state index contributed by atoms with van der Waals surface area (Å²) < 4.78 is 10.7. The second-order valence-corrected chi connectivity index (χ2v) is 20.0. The van der Waals surface area contributed by atoms with Gasteiger partial charge in [0.2, 0.25) is 0 Å². The minimum absolute atomic E-state index is 0.0729. The fourth-order valence-corrected chi connectivity index (χ4v) is 8.41. The molecule has 74 heavy (non-hydrogen) atoms. The number of hydrogen-bond donors (Lipinski definition) is 1. The first kappa shape index (κ1) is 70.0. The van der Waals surface area contributed by atoms with Crippen LogP contribution in [0.2, 0.25) is 0 Å². The average Bonchev–Trinajstić information content (AvgIpc) is 3.40. The molecule has 0 bridgehead atoms. The average molecular weight is 1020 g/mol. The number of aliphatic hydroxyl groups is 1. The van der Waals surface area contributed by atoms with Gasteiger partial charge in [0.15, 0.2) is 6.10 Å². The summed E-state index contributed by atoms with van der Waals surface area (Å²) in [5.74, 6) is -0.595. The Hall–Kier alpha value is -3.96. The topological polar surface area (TPSA) is 72.8 Å². The summed E-state index contributed by atoms with van der Waals surface area (Å²) in [6, 6.07) is 0. The van der Waals surface area contributed by atoms with E-state index in [1.54, 1.807) is 0 Å². The molecule has 1 atom stereocenters. The van der Waals surface area contributed by atoms with Gasteiger partial charge in [-0.2, -0.15) is 0 Å². The molecule has 0 saturated heterocycles. The van der Waals surface area contributed by atoms with E-state index in [4.69, 9.17) is 9.47 Å². The van der Waals surface area contributed by atoms with Crippen LogP contribution in [0.3, 0.4) is 0 Å². The predicted molar refractivity (Wildman–Crippen MR) is 324 cm³/mol. The highest BCUT2D eigenvalue weighted by Crippen LogP contribution is 2.16. The number of aliphatic hydroxyl groups excluding tert-OH is 1. The Balaban J connectivity index is 3.53. The van der Waals surface area contributed by atoms with Crippen LogP contribution in [-0.4, -0.2) is 36.4 Å². The molecule has 0 aliphatic carbocycles. The molecule has 1 unspecified atom stereocenters. The van der Waals surface area contributed by atoms with Crippen molar-refractivity contribution in [2.45, 2.75) is 277 Å². The smallest absolute Gasteiger partial charge is 0.306 e. The molecule has 0 aromatic carbocycles. The van der Waals surface area contributed by atoms with E-state index in [1.165, 1.54) is 135 Å². The first-order valence-electron chi connectivity index (χ1n) is 30.7. The van der Waals surface area contributed by atoms with E-state index in [1.807, 2.05) is 0 Å². The molecule has 0 amide bonds. The maximum Gasteiger partial charge on any atom is 0.306 e. The van der Waals surface area contributed by atoms with Crippen molar-refractivity contribution in [2.75, 3.05) is 13.2 Å². The third kappa shape index (κ3) is 60.6. The second-order valence-electron chi connectivity index (χ2n) is 20.0. The first-order valence-corrected chi connectivity index (χ1v) is 30.7. The van der Waals surface area contributed by atoms with Gasteiger partial charge >= 0.3 is 11.9 Å². The minimum atomic E-state index is -0.783. The largest absolute Gasteiger partial charge is 0.462 e. The first-order chi connectivity index (χ1) is 36.6. The van der Waals surface area contributed by atoms with Gasteiger partial charge in [-0.25, -0.2) is 0 Å². The van der Waals surface area contributed by atoms with Gasteiger partial charge < -0.3 is 14.6 Å². The zero-order chi connectivity index (χ0) is 53.4. The molecule has 0 heterocycles. The van der Waals surface area contributed by atoms with E-state index in [0.717, 1.165) is 109 Å². The van der Waals surface area contributed by atoms with Gasteiger partial charge in [0.1, 0.15) is 6.61 Å². The zero-order valence-electron chi connectivity index (χ0n) is 48.1. The molecule has 0 aliphatic rings. The van der Waals surface area contributed by atoms with Crippen molar-refractivity contribution in [1.29, 1.82) is 0 Å². The van der Waals surface area contributed by atoms with E-state index < -0.39 is 6.10 Å². The fourth-order valence-electron chi connectivity index (χ4n) is 8.41. The third-order valence-electron chi connectivity index (χ3n) is 12.9. The van der Waals surface area contributed by atoms with Crippen molar-refractivity contribution in [2.24, 2.45) is 0 Å². The number of carbonyl (C=O) groups is 2. The van der Waals surface area contributed by atoms with Crippen molar-refractivity contribution >= 4 is 11.9 Å². The Kier molecular flexibility index (Phi) is 59.9. The number of esters is 2. The van der Waals surface area contributed by atoms with Crippen molar-refractivity contribution in [3.8, 4) is 0 Å². The molecule has 1 N–H and O–H groups in total. The van der Waals surface area contributed by atoms with Crippen LogP contribution in [0.1, 0.15) is 271 Å². The summed E-state index contributed by atoms with van der Waals surface area (Å²) in [4.78, 5) is 24.6. The van der Waals surface area contributed by atoms with E-state index in [-0.39, 0.29) is 25.2 Å². The monoisotopic (exact) mass is 1020 g/mol. The number of allylic oxidation sites excluding steroid dienone is 22. The van der Waals surface area contributed by atoms with E-state index in [0.29, 0.717) is 12.8 Å². The van der Waals surface area contributed by atoms with E-state index >= 15 is 0 Å². The molecule has 0 saturated carbocycles. The molecule has 0 rings (SSSR count). The Morgan fingerprint density at radius 3 is 0.811 bits per heavy atom.